The third-order valence-corrected chi connectivity index (χ3v) is 4.37. The first-order valence-corrected chi connectivity index (χ1v) is 6.66. The van der Waals surface area contributed by atoms with Gasteiger partial charge in [-0.05, 0) is 25.2 Å². The first kappa shape index (κ1) is 14.7. The molecule has 1 saturated carbocycles. The van der Waals surface area contributed by atoms with Crippen LogP contribution in [0, 0.1) is 11.3 Å². The number of hydrogen-bond donors (Lipinski definition) is 2. The van der Waals surface area contributed by atoms with Crippen LogP contribution in [-0.2, 0) is 9.59 Å². The molecule has 0 aromatic rings. The van der Waals surface area contributed by atoms with E-state index in [-0.39, 0.29) is 11.5 Å². The standard InChI is InChI=1S/C14H22O4/c1-3-10-7-5-6-8-14(10,4-2)11(13(17)18)9-12(15)16/h9-10H,3-8H2,1-2H3,(H,15,16)(H,17,18). The zero-order chi connectivity index (χ0) is 13.8. The maximum Gasteiger partial charge on any atom is 0.332 e. The van der Waals surface area contributed by atoms with Crippen LogP contribution < -0.4 is 0 Å². The van der Waals surface area contributed by atoms with Gasteiger partial charge < -0.3 is 10.2 Å². The summed E-state index contributed by atoms with van der Waals surface area (Å²) in [5, 5.41) is 18.2. The molecule has 2 unspecified atom stereocenters. The van der Waals surface area contributed by atoms with E-state index in [0.29, 0.717) is 6.42 Å². The highest BCUT2D eigenvalue weighted by molar-refractivity contribution is 5.95. The predicted octanol–water partition coefficient (Wildman–Crippen LogP) is 3.08. The van der Waals surface area contributed by atoms with Crippen molar-refractivity contribution in [2.75, 3.05) is 0 Å². The van der Waals surface area contributed by atoms with Crippen LogP contribution >= 0.6 is 0 Å². The number of carboxylic acids is 2. The molecule has 0 radical (unpaired) electrons. The van der Waals surface area contributed by atoms with Crippen LogP contribution in [0.15, 0.2) is 11.6 Å². The molecule has 0 saturated heterocycles. The summed E-state index contributed by atoms with van der Waals surface area (Å²) < 4.78 is 0. The normalized spacial score (nSPS) is 29.0. The quantitative estimate of drug-likeness (QED) is 0.739. The van der Waals surface area contributed by atoms with Crippen LogP contribution in [0.25, 0.3) is 0 Å². The molecule has 0 heterocycles. The molecule has 1 aliphatic carbocycles. The van der Waals surface area contributed by atoms with E-state index in [4.69, 9.17) is 5.11 Å². The van der Waals surface area contributed by atoms with Crippen molar-refractivity contribution >= 4 is 11.9 Å². The fourth-order valence-corrected chi connectivity index (χ4v) is 3.46. The molecular formula is C14H22O4. The Labute approximate surface area is 108 Å². The van der Waals surface area contributed by atoms with Gasteiger partial charge in [0.2, 0.25) is 0 Å². The van der Waals surface area contributed by atoms with Gasteiger partial charge in [-0.3, -0.25) is 0 Å². The van der Waals surface area contributed by atoms with Gasteiger partial charge in [0.1, 0.15) is 0 Å². The minimum absolute atomic E-state index is 0.0871. The molecule has 18 heavy (non-hydrogen) atoms. The Morgan fingerprint density at radius 1 is 1.28 bits per heavy atom. The zero-order valence-corrected chi connectivity index (χ0v) is 11.1. The molecule has 102 valence electrons. The van der Waals surface area contributed by atoms with E-state index < -0.39 is 17.4 Å². The Balaban J connectivity index is 3.24. The van der Waals surface area contributed by atoms with Crippen molar-refractivity contribution in [2.24, 2.45) is 11.3 Å². The van der Waals surface area contributed by atoms with E-state index in [0.717, 1.165) is 38.2 Å². The Kier molecular flexibility index (Phi) is 4.93. The smallest absolute Gasteiger partial charge is 0.332 e. The van der Waals surface area contributed by atoms with Crippen molar-refractivity contribution in [2.45, 2.75) is 52.4 Å². The molecular weight excluding hydrogens is 232 g/mol. The molecule has 4 nitrogen and oxygen atoms in total. The first-order valence-electron chi connectivity index (χ1n) is 6.66. The van der Waals surface area contributed by atoms with E-state index in [9.17, 15) is 14.7 Å². The highest BCUT2D eigenvalue weighted by Crippen LogP contribution is 2.50. The lowest BCUT2D eigenvalue weighted by atomic mass is 9.60. The summed E-state index contributed by atoms with van der Waals surface area (Å²) in [5.41, 5.74) is -0.374. The summed E-state index contributed by atoms with van der Waals surface area (Å²) in [6.45, 7) is 4.02. The van der Waals surface area contributed by atoms with Crippen LogP contribution in [0.1, 0.15) is 52.4 Å². The molecule has 1 rings (SSSR count). The Morgan fingerprint density at radius 3 is 2.39 bits per heavy atom. The van der Waals surface area contributed by atoms with Crippen molar-refractivity contribution in [3.05, 3.63) is 11.6 Å². The topological polar surface area (TPSA) is 74.6 Å². The van der Waals surface area contributed by atoms with E-state index in [2.05, 4.69) is 6.92 Å². The van der Waals surface area contributed by atoms with Crippen molar-refractivity contribution in [3.63, 3.8) is 0 Å². The van der Waals surface area contributed by atoms with Crippen LogP contribution in [0.4, 0.5) is 0 Å². The van der Waals surface area contributed by atoms with Gasteiger partial charge in [-0.25, -0.2) is 9.59 Å². The molecule has 2 N–H and O–H groups in total. The maximum absolute atomic E-state index is 11.4. The summed E-state index contributed by atoms with van der Waals surface area (Å²) >= 11 is 0. The fraction of sp³-hybridized carbons (Fsp3) is 0.714. The predicted molar refractivity (Wildman–Crippen MR) is 68.3 cm³/mol. The van der Waals surface area contributed by atoms with Gasteiger partial charge in [0.15, 0.2) is 0 Å². The first-order chi connectivity index (χ1) is 8.47. The van der Waals surface area contributed by atoms with Crippen LogP contribution in [-0.4, -0.2) is 22.2 Å². The number of carbonyl (C=O) groups is 2. The SMILES string of the molecule is CCC1CCCCC1(CC)C(=CC(=O)O)C(=O)O. The van der Waals surface area contributed by atoms with E-state index in [1.165, 1.54) is 0 Å². The lowest BCUT2D eigenvalue weighted by Gasteiger charge is -2.44. The van der Waals surface area contributed by atoms with Crippen molar-refractivity contribution in [1.82, 2.24) is 0 Å². The average Bonchev–Trinajstić information content (AvgIpc) is 2.35. The molecule has 1 fully saturated rings. The van der Waals surface area contributed by atoms with E-state index in [1.807, 2.05) is 6.92 Å². The van der Waals surface area contributed by atoms with Crippen LogP contribution in [0.5, 0.6) is 0 Å². The van der Waals surface area contributed by atoms with E-state index >= 15 is 0 Å². The van der Waals surface area contributed by atoms with Gasteiger partial charge in [-0.15, -0.1) is 0 Å². The lowest BCUT2D eigenvalue weighted by molar-refractivity contribution is -0.137. The summed E-state index contributed by atoms with van der Waals surface area (Å²) in [4.78, 5) is 22.3. The Morgan fingerprint density at radius 2 is 1.94 bits per heavy atom. The minimum Gasteiger partial charge on any atom is -0.478 e. The third-order valence-electron chi connectivity index (χ3n) is 4.37. The molecule has 4 heteroatoms. The molecule has 0 amide bonds. The van der Waals surface area contributed by atoms with Crippen molar-refractivity contribution in [1.29, 1.82) is 0 Å². The average molecular weight is 254 g/mol. The molecule has 0 aliphatic heterocycles. The summed E-state index contributed by atoms with van der Waals surface area (Å²) in [5.74, 6) is -1.97. The number of aliphatic carboxylic acids is 2. The second-order valence-corrected chi connectivity index (χ2v) is 5.06. The monoisotopic (exact) mass is 254 g/mol. The molecule has 1 aliphatic rings. The van der Waals surface area contributed by atoms with Crippen molar-refractivity contribution in [3.8, 4) is 0 Å². The second kappa shape index (κ2) is 6.03. The van der Waals surface area contributed by atoms with Gasteiger partial charge in [-0.2, -0.15) is 0 Å². The van der Waals surface area contributed by atoms with Gasteiger partial charge in [0.25, 0.3) is 0 Å². The number of carboxylic acid groups (broad SMARTS) is 2. The summed E-state index contributed by atoms with van der Waals surface area (Å²) in [6, 6.07) is 0. The maximum atomic E-state index is 11.4. The van der Waals surface area contributed by atoms with Crippen molar-refractivity contribution < 1.29 is 19.8 Å². The largest absolute Gasteiger partial charge is 0.478 e. The minimum atomic E-state index is -1.17. The Bertz CT molecular complexity index is 359. The van der Waals surface area contributed by atoms with Gasteiger partial charge in [0.05, 0.1) is 5.57 Å². The fourth-order valence-electron chi connectivity index (χ4n) is 3.46. The highest BCUT2D eigenvalue weighted by Gasteiger charge is 2.44. The molecule has 0 bridgehead atoms. The molecule has 0 aromatic carbocycles. The highest BCUT2D eigenvalue weighted by atomic mass is 16.4. The Hall–Kier alpha value is -1.32. The van der Waals surface area contributed by atoms with E-state index in [1.54, 1.807) is 0 Å². The molecule has 0 aromatic heterocycles. The molecule has 0 spiro atoms. The zero-order valence-electron chi connectivity index (χ0n) is 11.1. The van der Waals surface area contributed by atoms with Crippen LogP contribution in [0.2, 0.25) is 0 Å². The second-order valence-electron chi connectivity index (χ2n) is 5.06. The number of rotatable bonds is 5. The number of hydrogen-bond acceptors (Lipinski definition) is 2. The summed E-state index contributed by atoms with van der Waals surface area (Å²) in [6.07, 6.45) is 6.37. The van der Waals surface area contributed by atoms with Crippen LogP contribution in [0.3, 0.4) is 0 Å². The lowest BCUT2D eigenvalue weighted by Crippen LogP contribution is -2.38. The third kappa shape index (κ3) is 2.74. The summed E-state index contributed by atoms with van der Waals surface area (Å²) in [7, 11) is 0. The molecule has 2 atom stereocenters. The van der Waals surface area contributed by atoms with Gasteiger partial charge >= 0.3 is 11.9 Å². The van der Waals surface area contributed by atoms with Gasteiger partial charge in [0, 0.05) is 11.5 Å². The van der Waals surface area contributed by atoms with Gasteiger partial charge in [-0.1, -0.05) is 33.1 Å².